The van der Waals surface area contributed by atoms with Gasteiger partial charge in [0, 0.05) is 20.2 Å². The molecule has 2 N–H and O–H groups in total. The van der Waals surface area contributed by atoms with Gasteiger partial charge in [-0.3, -0.25) is 14.6 Å². The molecule has 146 valence electrons. The van der Waals surface area contributed by atoms with Crippen LogP contribution in [0, 0.1) is 0 Å². The highest BCUT2D eigenvalue weighted by molar-refractivity contribution is 5.92. The van der Waals surface area contributed by atoms with Crippen molar-refractivity contribution in [2.75, 3.05) is 19.0 Å². The maximum Gasteiger partial charge on any atom is 0.573 e. The summed E-state index contributed by atoms with van der Waals surface area (Å²) < 4.78 is 40.5. The van der Waals surface area contributed by atoms with Gasteiger partial charge in [0.05, 0.1) is 6.04 Å². The molecule has 1 aromatic carbocycles. The smallest absolute Gasteiger partial charge is 0.406 e. The van der Waals surface area contributed by atoms with E-state index in [2.05, 4.69) is 20.0 Å². The minimum Gasteiger partial charge on any atom is -0.406 e. The van der Waals surface area contributed by atoms with Crippen LogP contribution in [0.5, 0.6) is 5.75 Å². The normalized spacial score (nSPS) is 12.4. The molecule has 0 saturated carbocycles. The third-order valence-electron chi connectivity index (χ3n) is 3.62. The van der Waals surface area contributed by atoms with E-state index in [0.29, 0.717) is 12.0 Å². The van der Waals surface area contributed by atoms with Crippen molar-refractivity contribution >= 4 is 11.9 Å². The molecule has 1 unspecified atom stereocenters. The molecule has 1 amide bonds. The third kappa shape index (κ3) is 5.73. The number of carbonyl (C=O) groups is 1. The fourth-order valence-electron chi connectivity index (χ4n) is 2.33. The summed E-state index contributed by atoms with van der Waals surface area (Å²) in [6, 6.07) is 5.83. The second-order valence-corrected chi connectivity index (χ2v) is 5.90. The number of rotatable bonds is 6. The SMILES string of the molecule is CCC(NC(=O)c1cc(=O)[nH]c(N(C)C)n1)c1ccc(OC(F)(F)F)cc1. The van der Waals surface area contributed by atoms with Crippen molar-refractivity contribution in [3.8, 4) is 5.75 Å². The molecule has 0 saturated heterocycles. The largest absolute Gasteiger partial charge is 0.573 e. The van der Waals surface area contributed by atoms with Crippen LogP contribution in [-0.4, -0.2) is 36.3 Å². The Morgan fingerprint density at radius 3 is 2.44 bits per heavy atom. The average molecular weight is 384 g/mol. The zero-order valence-electron chi connectivity index (χ0n) is 14.9. The van der Waals surface area contributed by atoms with Gasteiger partial charge < -0.3 is 15.0 Å². The van der Waals surface area contributed by atoms with E-state index in [1.54, 1.807) is 19.0 Å². The first-order valence-corrected chi connectivity index (χ1v) is 8.04. The summed E-state index contributed by atoms with van der Waals surface area (Å²) in [6.45, 7) is 1.81. The van der Waals surface area contributed by atoms with Crippen LogP contribution in [-0.2, 0) is 0 Å². The first-order chi connectivity index (χ1) is 12.6. The van der Waals surface area contributed by atoms with Gasteiger partial charge in [-0.05, 0) is 24.1 Å². The molecule has 0 aliphatic rings. The van der Waals surface area contributed by atoms with E-state index >= 15 is 0 Å². The summed E-state index contributed by atoms with van der Waals surface area (Å²) in [5.74, 6) is -0.680. The van der Waals surface area contributed by atoms with Crippen LogP contribution >= 0.6 is 0 Å². The molecule has 7 nitrogen and oxygen atoms in total. The molecule has 1 heterocycles. The molecule has 1 aromatic heterocycles. The molecule has 0 bridgehead atoms. The number of aromatic amines is 1. The Labute approximate surface area is 153 Å². The number of H-pyrrole nitrogens is 1. The van der Waals surface area contributed by atoms with Crippen LogP contribution in [0.25, 0.3) is 0 Å². The minimum absolute atomic E-state index is 0.0575. The number of aromatic nitrogens is 2. The summed E-state index contributed by atoms with van der Waals surface area (Å²) in [6.07, 6.45) is -4.29. The van der Waals surface area contributed by atoms with Gasteiger partial charge in [-0.1, -0.05) is 19.1 Å². The van der Waals surface area contributed by atoms with Gasteiger partial charge in [0.15, 0.2) is 0 Å². The van der Waals surface area contributed by atoms with Gasteiger partial charge in [-0.25, -0.2) is 4.98 Å². The van der Waals surface area contributed by atoms with Crippen molar-refractivity contribution in [3.63, 3.8) is 0 Å². The average Bonchev–Trinajstić information content (AvgIpc) is 2.58. The molecule has 0 fully saturated rings. The first-order valence-electron chi connectivity index (χ1n) is 8.04. The van der Waals surface area contributed by atoms with E-state index in [4.69, 9.17) is 0 Å². The van der Waals surface area contributed by atoms with Gasteiger partial charge >= 0.3 is 6.36 Å². The van der Waals surface area contributed by atoms with Gasteiger partial charge in [-0.15, -0.1) is 13.2 Å². The summed E-state index contributed by atoms with van der Waals surface area (Å²) in [5, 5.41) is 2.72. The van der Waals surface area contributed by atoms with Gasteiger partial charge in [0.1, 0.15) is 11.4 Å². The molecule has 1 atom stereocenters. The molecule has 2 aromatic rings. The van der Waals surface area contributed by atoms with Gasteiger partial charge in [-0.2, -0.15) is 0 Å². The van der Waals surface area contributed by atoms with E-state index in [0.717, 1.165) is 6.07 Å². The maximum atomic E-state index is 12.5. The quantitative estimate of drug-likeness (QED) is 0.800. The number of alkyl halides is 3. The Bertz CT molecular complexity index is 848. The summed E-state index contributed by atoms with van der Waals surface area (Å²) in [4.78, 5) is 32.3. The predicted molar refractivity (Wildman–Crippen MR) is 92.8 cm³/mol. The Balaban J connectivity index is 2.17. The number of hydrogen-bond acceptors (Lipinski definition) is 5. The topological polar surface area (TPSA) is 87.3 Å². The zero-order chi connectivity index (χ0) is 20.2. The summed E-state index contributed by atoms with van der Waals surface area (Å²) in [7, 11) is 3.33. The lowest BCUT2D eigenvalue weighted by Gasteiger charge is -2.18. The maximum absolute atomic E-state index is 12.5. The summed E-state index contributed by atoms with van der Waals surface area (Å²) >= 11 is 0. The highest BCUT2D eigenvalue weighted by Gasteiger charge is 2.31. The fraction of sp³-hybridized carbons (Fsp3) is 0.353. The van der Waals surface area contributed by atoms with E-state index < -0.39 is 23.9 Å². The van der Waals surface area contributed by atoms with Crippen LogP contribution in [0.1, 0.15) is 35.4 Å². The number of anilines is 1. The zero-order valence-corrected chi connectivity index (χ0v) is 14.9. The second kappa shape index (κ2) is 8.11. The molecular formula is C17H19F3N4O3. The van der Waals surface area contributed by atoms with Crippen molar-refractivity contribution in [3.05, 3.63) is 51.9 Å². The lowest BCUT2D eigenvalue weighted by Crippen LogP contribution is -2.31. The highest BCUT2D eigenvalue weighted by atomic mass is 19.4. The van der Waals surface area contributed by atoms with E-state index in [-0.39, 0.29) is 17.4 Å². The van der Waals surface area contributed by atoms with Crippen molar-refractivity contribution in [2.24, 2.45) is 0 Å². The van der Waals surface area contributed by atoms with Crippen LogP contribution in [0.3, 0.4) is 0 Å². The lowest BCUT2D eigenvalue weighted by molar-refractivity contribution is -0.274. The number of hydrogen-bond donors (Lipinski definition) is 2. The van der Waals surface area contributed by atoms with Gasteiger partial charge in [0.2, 0.25) is 5.95 Å². The van der Waals surface area contributed by atoms with Crippen LogP contribution < -0.4 is 20.5 Å². The Morgan fingerprint density at radius 1 is 1.30 bits per heavy atom. The molecular weight excluding hydrogens is 365 g/mol. The molecule has 0 aliphatic carbocycles. The van der Waals surface area contributed by atoms with Crippen molar-refractivity contribution in [2.45, 2.75) is 25.7 Å². The fourth-order valence-corrected chi connectivity index (χ4v) is 2.33. The molecule has 0 spiro atoms. The van der Waals surface area contributed by atoms with Crippen molar-refractivity contribution < 1.29 is 22.7 Å². The van der Waals surface area contributed by atoms with E-state index in [1.807, 2.05) is 6.92 Å². The number of ether oxygens (including phenoxy) is 1. The number of amides is 1. The lowest BCUT2D eigenvalue weighted by atomic mass is 10.0. The van der Waals surface area contributed by atoms with Gasteiger partial charge in [0.25, 0.3) is 11.5 Å². The Kier molecular flexibility index (Phi) is 6.09. The van der Waals surface area contributed by atoms with Crippen LogP contribution in [0.2, 0.25) is 0 Å². The number of carbonyl (C=O) groups excluding carboxylic acids is 1. The molecule has 0 aliphatic heterocycles. The second-order valence-electron chi connectivity index (χ2n) is 5.90. The molecule has 2 rings (SSSR count). The molecule has 10 heteroatoms. The monoisotopic (exact) mass is 384 g/mol. The highest BCUT2D eigenvalue weighted by Crippen LogP contribution is 2.25. The van der Waals surface area contributed by atoms with E-state index in [9.17, 15) is 22.8 Å². The Morgan fingerprint density at radius 2 is 1.93 bits per heavy atom. The first kappa shape index (κ1) is 20.3. The number of benzene rings is 1. The third-order valence-corrected chi connectivity index (χ3v) is 3.62. The van der Waals surface area contributed by atoms with Crippen molar-refractivity contribution in [1.29, 1.82) is 0 Å². The number of nitrogens with zero attached hydrogens (tertiary/aromatic N) is 2. The van der Waals surface area contributed by atoms with Crippen LogP contribution in [0.4, 0.5) is 19.1 Å². The van der Waals surface area contributed by atoms with E-state index in [1.165, 1.54) is 24.3 Å². The molecule has 27 heavy (non-hydrogen) atoms. The van der Waals surface area contributed by atoms with Crippen LogP contribution in [0.15, 0.2) is 35.1 Å². The number of nitrogens with one attached hydrogen (secondary N) is 2. The molecule has 0 radical (unpaired) electrons. The van der Waals surface area contributed by atoms with Crippen molar-refractivity contribution in [1.82, 2.24) is 15.3 Å². The summed E-state index contributed by atoms with van der Waals surface area (Å²) in [5.41, 5.74) is 0.0662. The minimum atomic E-state index is -4.77. The number of halogens is 3. The predicted octanol–water partition coefficient (Wildman–Crippen LogP) is 2.62. The Hall–Kier alpha value is -3.04. The standard InChI is InChI=1S/C17H19F3N4O3/c1-4-12(10-5-7-11(8-6-10)27-17(18,19)20)21-15(26)13-9-14(25)23-16(22-13)24(2)3/h5-9,12H,4H2,1-3H3,(H,21,26)(H,22,23,25).